The van der Waals surface area contributed by atoms with Crippen LogP contribution in [0.15, 0.2) is 36.8 Å². The molecule has 2 aromatic rings. The number of aromatic carboxylic acids is 1. The number of amides is 1. The summed E-state index contributed by atoms with van der Waals surface area (Å²) in [7, 11) is 0. The Morgan fingerprint density at radius 1 is 1.33 bits per heavy atom. The van der Waals surface area contributed by atoms with Crippen LogP contribution in [0.1, 0.15) is 16.1 Å². The van der Waals surface area contributed by atoms with E-state index in [0.717, 1.165) is 5.56 Å². The number of hydrogen-bond acceptors (Lipinski definition) is 3. The summed E-state index contributed by atoms with van der Waals surface area (Å²) in [6.07, 6.45) is 3.05. The predicted octanol–water partition coefficient (Wildman–Crippen LogP) is 1.59. The van der Waals surface area contributed by atoms with Crippen molar-refractivity contribution in [3.8, 4) is 0 Å². The molecule has 0 saturated heterocycles. The largest absolute Gasteiger partial charge is 0.476 e. The average molecular weight is 308 g/mol. The second-order valence-electron chi connectivity index (χ2n) is 4.42. The summed E-state index contributed by atoms with van der Waals surface area (Å²) >= 11 is 5.98. The molecule has 1 heterocycles. The summed E-state index contributed by atoms with van der Waals surface area (Å²) in [5, 5.41) is 12.1. The SMILES string of the molecule is O=C(Cc1ccccc1Cl)NCCn1cnc(C(=O)O)c1. The van der Waals surface area contributed by atoms with Crippen molar-refractivity contribution >= 4 is 23.5 Å². The van der Waals surface area contributed by atoms with Crippen molar-refractivity contribution in [1.82, 2.24) is 14.9 Å². The maximum absolute atomic E-state index is 11.8. The van der Waals surface area contributed by atoms with Gasteiger partial charge in [-0.15, -0.1) is 0 Å². The lowest BCUT2D eigenvalue weighted by molar-refractivity contribution is -0.120. The van der Waals surface area contributed by atoms with Crippen LogP contribution >= 0.6 is 11.6 Å². The molecule has 0 radical (unpaired) electrons. The molecule has 110 valence electrons. The molecular weight excluding hydrogens is 294 g/mol. The number of halogens is 1. The number of carbonyl (C=O) groups excluding carboxylic acids is 1. The number of carboxylic acid groups (broad SMARTS) is 1. The molecule has 0 saturated carbocycles. The van der Waals surface area contributed by atoms with Gasteiger partial charge in [0, 0.05) is 24.3 Å². The molecule has 1 amide bonds. The van der Waals surface area contributed by atoms with Crippen LogP contribution in [0.5, 0.6) is 0 Å². The Morgan fingerprint density at radius 3 is 2.76 bits per heavy atom. The minimum atomic E-state index is -1.07. The van der Waals surface area contributed by atoms with Crippen molar-refractivity contribution in [2.75, 3.05) is 6.54 Å². The Balaban J connectivity index is 1.79. The molecule has 21 heavy (non-hydrogen) atoms. The van der Waals surface area contributed by atoms with Gasteiger partial charge in [-0.05, 0) is 11.6 Å². The molecule has 7 heteroatoms. The molecule has 2 rings (SSSR count). The Hall–Kier alpha value is -2.34. The number of carbonyl (C=O) groups is 2. The lowest BCUT2D eigenvalue weighted by atomic mass is 10.1. The van der Waals surface area contributed by atoms with Crippen molar-refractivity contribution < 1.29 is 14.7 Å². The number of hydrogen-bond donors (Lipinski definition) is 2. The average Bonchev–Trinajstić information content (AvgIpc) is 2.90. The van der Waals surface area contributed by atoms with Crippen molar-refractivity contribution in [3.05, 3.63) is 53.1 Å². The van der Waals surface area contributed by atoms with Crippen LogP contribution in [-0.2, 0) is 17.8 Å². The lowest BCUT2D eigenvalue weighted by Gasteiger charge is -2.07. The van der Waals surface area contributed by atoms with Crippen LogP contribution in [0.25, 0.3) is 0 Å². The molecule has 0 bridgehead atoms. The van der Waals surface area contributed by atoms with Gasteiger partial charge in [-0.2, -0.15) is 0 Å². The van der Waals surface area contributed by atoms with Crippen LogP contribution in [0, 0.1) is 0 Å². The number of imidazole rings is 1. The summed E-state index contributed by atoms with van der Waals surface area (Å²) in [6.45, 7) is 0.841. The van der Waals surface area contributed by atoms with Crippen LogP contribution in [0.2, 0.25) is 5.02 Å². The van der Waals surface area contributed by atoms with Crippen molar-refractivity contribution in [3.63, 3.8) is 0 Å². The first kappa shape index (κ1) is 15.1. The quantitative estimate of drug-likeness (QED) is 0.849. The highest BCUT2D eigenvalue weighted by molar-refractivity contribution is 6.31. The van der Waals surface area contributed by atoms with Crippen molar-refractivity contribution in [2.24, 2.45) is 0 Å². The van der Waals surface area contributed by atoms with Gasteiger partial charge in [-0.3, -0.25) is 4.79 Å². The number of nitrogens with zero attached hydrogens (tertiary/aromatic N) is 2. The molecule has 0 spiro atoms. The first-order chi connectivity index (χ1) is 10.1. The van der Waals surface area contributed by atoms with Gasteiger partial charge in [-0.25, -0.2) is 9.78 Å². The molecule has 1 aromatic carbocycles. The van der Waals surface area contributed by atoms with Gasteiger partial charge in [-0.1, -0.05) is 29.8 Å². The Bertz CT molecular complexity index is 654. The second kappa shape index (κ2) is 6.90. The van der Waals surface area contributed by atoms with E-state index in [1.54, 1.807) is 16.7 Å². The van der Waals surface area contributed by atoms with Crippen LogP contribution in [0.3, 0.4) is 0 Å². The second-order valence-corrected chi connectivity index (χ2v) is 4.83. The van der Waals surface area contributed by atoms with Crippen LogP contribution in [0.4, 0.5) is 0 Å². The first-order valence-electron chi connectivity index (χ1n) is 6.31. The molecule has 0 atom stereocenters. The smallest absolute Gasteiger partial charge is 0.356 e. The van der Waals surface area contributed by atoms with Gasteiger partial charge in [0.05, 0.1) is 12.7 Å². The number of benzene rings is 1. The minimum Gasteiger partial charge on any atom is -0.476 e. The van der Waals surface area contributed by atoms with Gasteiger partial charge < -0.3 is 15.0 Å². The van der Waals surface area contributed by atoms with E-state index in [-0.39, 0.29) is 18.0 Å². The molecule has 0 unspecified atom stereocenters. The molecule has 0 aliphatic heterocycles. The Morgan fingerprint density at radius 2 is 2.10 bits per heavy atom. The molecule has 1 aromatic heterocycles. The topological polar surface area (TPSA) is 84.2 Å². The van der Waals surface area contributed by atoms with Crippen LogP contribution in [-0.4, -0.2) is 33.1 Å². The third kappa shape index (κ3) is 4.32. The minimum absolute atomic E-state index is 0.0163. The maximum Gasteiger partial charge on any atom is 0.356 e. The third-order valence-corrected chi connectivity index (χ3v) is 3.22. The van der Waals surface area contributed by atoms with E-state index in [1.165, 1.54) is 12.5 Å². The van der Waals surface area contributed by atoms with Crippen molar-refractivity contribution in [2.45, 2.75) is 13.0 Å². The number of aromatic nitrogens is 2. The van der Waals surface area contributed by atoms with E-state index >= 15 is 0 Å². The van der Waals surface area contributed by atoms with Gasteiger partial charge in [0.25, 0.3) is 0 Å². The fraction of sp³-hybridized carbons (Fsp3) is 0.214. The van der Waals surface area contributed by atoms with Gasteiger partial charge >= 0.3 is 5.97 Å². The van der Waals surface area contributed by atoms with E-state index in [2.05, 4.69) is 10.3 Å². The van der Waals surface area contributed by atoms with E-state index in [1.807, 2.05) is 12.1 Å². The summed E-state index contributed by atoms with van der Waals surface area (Å²) in [5.41, 5.74) is 0.754. The van der Waals surface area contributed by atoms with Crippen LogP contribution < -0.4 is 5.32 Å². The Kier molecular flexibility index (Phi) is 4.94. The predicted molar refractivity (Wildman–Crippen MR) is 77.4 cm³/mol. The number of carboxylic acids is 1. The molecule has 6 nitrogen and oxygen atoms in total. The zero-order chi connectivity index (χ0) is 15.2. The van der Waals surface area contributed by atoms with E-state index in [0.29, 0.717) is 18.1 Å². The molecule has 2 N–H and O–H groups in total. The molecular formula is C14H14ClN3O3. The third-order valence-electron chi connectivity index (χ3n) is 2.85. The summed E-state index contributed by atoms with van der Waals surface area (Å²) in [5.74, 6) is -1.21. The monoisotopic (exact) mass is 307 g/mol. The van der Waals surface area contributed by atoms with E-state index in [4.69, 9.17) is 16.7 Å². The Labute approximate surface area is 126 Å². The highest BCUT2D eigenvalue weighted by atomic mass is 35.5. The summed E-state index contributed by atoms with van der Waals surface area (Å²) in [4.78, 5) is 26.2. The number of rotatable bonds is 6. The highest BCUT2D eigenvalue weighted by Crippen LogP contribution is 2.15. The highest BCUT2D eigenvalue weighted by Gasteiger charge is 2.08. The zero-order valence-corrected chi connectivity index (χ0v) is 11.9. The normalized spacial score (nSPS) is 10.3. The standard InChI is InChI=1S/C14H14ClN3O3/c15-11-4-2-1-3-10(11)7-13(19)16-5-6-18-8-12(14(20)21)17-9-18/h1-4,8-9H,5-7H2,(H,16,19)(H,20,21). The number of nitrogens with one attached hydrogen (secondary N) is 1. The molecule has 0 aliphatic rings. The first-order valence-corrected chi connectivity index (χ1v) is 6.69. The molecule has 0 fully saturated rings. The fourth-order valence-electron chi connectivity index (χ4n) is 1.79. The van der Waals surface area contributed by atoms with Gasteiger partial charge in [0.1, 0.15) is 0 Å². The fourth-order valence-corrected chi connectivity index (χ4v) is 2.00. The van der Waals surface area contributed by atoms with Gasteiger partial charge in [0.2, 0.25) is 5.91 Å². The van der Waals surface area contributed by atoms with E-state index in [9.17, 15) is 9.59 Å². The molecule has 0 aliphatic carbocycles. The lowest BCUT2D eigenvalue weighted by Crippen LogP contribution is -2.28. The van der Waals surface area contributed by atoms with Crippen molar-refractivity contribution in [1.29, 1.82) is 0 Å². The zero-order valence-electron chi connectivity index (χ0n) is 11.1. The maximum atomic E-state index is 11.8. The summed E-state index contributed by atoms with van der Waals surface area (Å²) < 4.78 is 1.61. The summed E-state index contributed by atoms with van der Waals surface area (Å²) in [6, 6.07) is 7.18. The van der Waals surface area contributed by atoms with E-state index < -0.39 is 5.97 Å². The van der Waals surface area contributed by atoms with Gasteiger partial charge in [0.15, 0.2) is 5.69 Å².